The van der Waals surface area contributed by atoms with Crippen LogP contribution in [0.25, 0.3) is 0 Å². The first-order chi connectivity index (χ1) is 8.59. The second-order valence-electron chi connectivity index (χ2n) is 4.18. The Morgan fingerprint density at radius 2 is 1.89 bits per heavy atom. The van der Waals surface area contributed by atoms with Gasteiger partial charge in [-0.3, -0.25) is 4.68 Å². The van der Waals surface area contributed by atoms with Gasteiger partial charge >= 0.3 is 0 Å². The van der Waals surface area contributed by atoms with Gasteiger partial charge in [0.2, 0.25) is 0 Å². The van der Waals surface area contributed by atoms with Crippen molar-refractivity contribution in [1.82, 2.24) is 15.1 Å². The van der Waals surface area contributed by atoms with Crippen molar-refractivity contribution in [3.05, 3.63) is 52.9 Å². The lowest BCUT2D eigenvalue weighted by molar-refractivity contribution is 0.535. The summed E-state index contributed by atoms with van der Waals surface area (Å²) in [7, 11) is 1.86. The van der Waals surface area contributed by atoms with Crippen LogP contribution in [0.15, 0.2) is 24.4 Å². The largest absolute Gasteiger partial charge is 0.308 e. The number of halogens is 2. The fourth-order valence-electron chi connectivity index (χ4n) is 1.74. The second-order valence-corrected chi connectivity index (χ2v) is 4.18. The van der Waals surface area contributed by atoms with Crippen LogP contribution in [0.1, 0.15) is 16.8 Å². The molecule has 0 amide bonds. The number of hydrogen-bond donors (Lipinski definition) is 1. The number of rotatable bonds is 4. The highest BCUT2D eigenvalue weighted by molar-refractivity contribution is 5.20. The van der Waals surface area contributed by atoms with Crippen LogP contribution >= 0.6 is 0 Å². The Morgan fingerprint density at radius 1 is 1.22 bits per heavy atom. The van der Waals surface area contributed by atoms with E-state index in [9.17, 15) is 8.78 Å². The molecule has 0 fully saturated rings. The van der Waals surface area contributed by atoms with Crippen LogP contribution in [0.3, 0.4) is 0 Å². The molecule has 0 saturated heterocycles. The Balaban J connectivity index is 1.99. The third-order valence-electron chi connectivity index (χ3n) is 3.02. The second kappa shape index (κ2) is 5.27. The van der Waals surface area contributed by atoms with E-state index in [1.807, 2.05) is 14.0 Å². The highest BCUT2D eigenvalue weighted by atomic mass is 19.1. The smallest absolute Gasteiger partial charge is 0.130 e. The van der Waals surface area contributed by atoms with Gasteiger partial charge in [0.1, 0.15) is 11.6 Å². The molecule has 1 heterocycles. The van der Waals surface area contributed by atoms with E-state index in [1.54, 1.807) is 10.9 Å². The van der Waals surface area contributed by atoms with E-state index in [1.165, 1.54) is 18.2 Å². The predicted octanol–water partition coefficient (Wildman–Crippen LogP) is 2.30. The fraction of sp³-hybridized carbons (Fsp3) is 0.308. The van der Waals surface area contributed by atoms with E-state index in [2.05, 4.69) is 10.4 Å². The molecule has 0 atom stereocenters. The molecule has 96 valence electrons. The molecule has 0 spiro atoms. The first-order valence-electron chi connectivity index (χ1n) is 5.70. The SMILES string of the molecule is Cc1c(CNCc2c(F)cccc2F)cnn1C. The summed E-state index contributed by atoms with van der Waals surface area (Å²) in [6, 6.07) is 3.88. The van der Waals surface area contributed by atoms with Gasteiger partial charge < -0.3 is 5.32 Å². The van der Waals surface area contributed by atoms with Crippen LogP contribution < -0.4 is 5.32 Å². The molecule has 3 nitrogen and oxygen atoms in total. The van der Waals surface area contributed by atoms with Crippen molar-refractivity contribution < 1.29 is 8.78 Å². The minimum atomic E-state index is -0.523. The van der Waals surface area contributed by atoms with Gasteiger partial charge in [0.05, 0.1) is 6.20 Å². The van der Waals surface area contributed by atoms with Crippen molar-refractivity contribution >= 4 is 0 Å². The molecule has 0 saturated carbocycles. The Hall–Kier alpha value is -1.75. The van der Waals surface area contributed by atoms with Gasteiger partial charge in [-0.1, -0.05) is 6.07 Å². The van der Waals surface area contributed by atoms with E-state index in [0.717, 1.165) is 11.3 Å². The summed E-state index contributed by atoms with van der Waals surface area (Å²) in [5, 5.41) is 7.13. The number of benzene rings is 1. The third kappa shape index (κ3) is 2.56. The first-order valence-corrected chi connectivity index (χ1v) is 5.70. The molecule has 0 aliphatic heterocycles. The first kappa shape index (κ1) is 12.7. The number of aryl methyl sites for hydroxylation is 1. The van der Waals surface area contributed by atoms with Crippen molar-refractivity contribution in [2.24, 2.45) is 7.05 Å². The van der Waals surface area contributed by atoms with Crippen LogP contribution in [0.4, 0.5) is 8.78 Å². The van der Waals surface area contributed by atoms with Crippen molar-refractivity contribution in [3.8, 4) is 0 Å². The van der Waals surface area contributed by atoms with Gasteiger partial charge in [0, 0.05) is 37.0 Å². The van der Waals surface area contributed by atoms with E-state index in [-0.39, 0.29) is 12.1 Å². The van der Waals surface area contributed by atoms with Gasteiger partial charge in [-0.05, 0) is 19.1 Å². The molecule has 0 bridgehead atoms. The zero-order valence-electron chi connectivity index (χ0n) is 10.4. The Bertz CT molecular complexity index is 529. The normalized spacial score (nSPS) is 10.9. The number of nitrogens with zero attached hydrogens (tertiary/aromatic N) is 2. The molecule has 5 heteroatoms. The number of hydrogen-bond acceptors (Lipinski definition) is 2. The quantitative estimate of drug-likeness (QED) is 0.903. The lowest BCUT2D eigenvalue weighted by Crippen LogP contribution is -2.15. The zero-order chi connectivity index (χ0) is 13.1. The van der Waals surface area contributed by atoms with Crippen LogP contribution in [0.2, 0.25) is 0 Å². The minimum Gasteiger partial charge on any atom is -0.308 e. The summed E-state index contributed by atoms with van der Waals surface area (Å²) >= 11 is 0. The summed E-state index contributed by atoms with van der Waals surface area (Å²) in [5.41, 5.74) is 2.13. The van der Waals surface area contributed by atoms with Crippen molar-refractivity contribution in [2.45, 2.75) is 20.0 Å². The standard InChI is InChI=1S/C13H15F2N3/c1-9-10(7-17-18(9)2)6-16-8-11-12(14)4-3-5-13(11)15/h3-5,7,16H,6,8H2,1-2H3. The molecule has 0 unspecified atom stereocenters. The van der Waals surface area contributed by atoms with Gasteiger partial charge in [-0.2, -0.15) is 5.10 Å². The fourth-order valence-corrected chi connectivity index (χ4v) is 1.74. The van der Waals surface area contributed by atoms with Crippen molar-refractivity contribution in [1.29, 1.82) is 0 Å². The minimum absolute atomic E-state index is 0.0686. The zero-order valence-corrected chi connectivity index (χ0v) is 10.4. The van der Waals surface area contributed by atoms with E-state index in [0.29, 0.717) is 6.54 Å². The van der Waals surface area contributed by atoms with E-state index in [4.69, 9.17) is 0 Å². The highest BCUT2D eigenvalue weighted by Crippen LogP contribution is 2.12. The predicted molar refractivity (Wildman–Crippen MR) is 64.8 cm³/mol. The van der Waals surface area contributed by atoms with Crippen molar-refractivity contribution in [2.75, 3.05) is 0 Å². The monoisotopic (exact) mass is 251 g/mol. The van der Waals surface area contributed by atoms with Crippen LogP contribution in [0, 0.1) is 18.6 Å². The molecule has 2 aromatic rings. The van der Waals surface area contributed by atoms with Gasteiger partial charge in [0.15, 0.2) is 0 Å². The Morgan fingerprint density at radius 3 is 2.44 bits per heavy atom. The molecule has 2 rings (SSSR count). The molecule has 1 aromatic carbocycles. The molecular weight excluding hydrogens is 236 g/mol. The molecular formula is C13H15F2N3. The Labute approximate surface area is 104 Å². The molecule has 1 aromatic heterocycles. The van der Waals surface area contributed by atoms with E-state index < -0.39 is 11.6 Å². The maximum Gasteiger partial charge on any atom is 0.130 e. The topological polar surface area (TPSA) is 29.9 Å². The number of nitrogens with one attached hydrogen (secondary N) is 1. The maximum atomic E-state index is 13.4. The Kier molecular flexibility index (Phi) is 3.72. The van der Waals surface area contributed by atoms with E-state index >= 15 is 0 Å². The molecule has 0 radical (unpaired) electrons. The summed E-state index contributed by atoms with van der Waals surface area (Å²) in [5.74, 6) is -1.05. The summed E-state index contributed by atoms with van der Waals surface area (Å²) < 4.78 is 28.5. The summed E-state index contributed by atoms with van der Waals surface area (Å²) in [6.45, 7) is 2.65. The summed E-state index contributed by atoms with van der Waals surface area (Å²) in [6.07, 6.45) is 1.75. The highest BCUT2D eigenvalue weighted by Gasteiger charge is 2.08. The number of aromatic nitrogens is 2. The summed E-state index contributed by atoms with van der Waals surface area (Å²) in [4.78, 5) is 0. The van der Waals surface area contributed by atoms with Gasteiger partial charge in [0.25, 0.3) is 0 Å². The van der Waals surface area contributed by atoms with Gasteiger partial charge in [-0.15, -0.1) is 0 Å². The molecule has 18 heavy (non-hydrogen) atoms. The van der Waals surface area contributed by atoms with Crippen LogP contribution in [-0.2, 0) is 20.1 Å². The van der Waals surface area contributed by atoms with Gasteiger partial charge in [-0.25, -0.2) is 8.78 Å². The van der Waals surface area contributed by atoms with Crippen LogP contribution in [0.5, 0.6) is 0 Å². The lowest BCUT2D eigenvalue weighted by atomic mass is 10.2. The molecule has 0 aliphatic carbocycles. The molecule has 0 aliphatic rings. The van der Waals surface area contributed by atoms with Crippen LogP contribution in [-0.4, -0.2) is 9.78 Å². The van der Waals surface area contributed by atoms with Crippen molar-refractivity contribution in [3.63, 3.8) is 0 Å². The lowest BCUT2D eigenvalue weighted by Gasteiger charge is -2.07. The average Bonchev–Trinajstić information content (AvgIpc) is 2.65. The third-order valence-corrected chi connectivity index (χ3v) is 3.02. The maximum absolute atomic E-state index is 13.4. The molecule has 1 N–H and O–H groups in total. The average molecular weight is 251 g/mol.